The monoisotopic (exact) mass is 321 g/mol. The number of amides is 1. The summed E-state index contributed by atoms with van der Waals surface area (Å²) in [5, 5.41) is 3.11. The summed E-state index contributed by atoms with van der Waals surface area (Å²) in [5.41, 5.74) is 2.20. The largest absolute Gasteiger partial charge is 0.434 e. The fourth-order valence-corrected chi connectivity index (χ4v) is 2.11. The van der Waals surface area contributed by atoms with Gasteiger partial charge in [0.25, 0.3) is 0 Å². The average molecular weight is 322 g/mol. The summed E-state index contributed by atoms with van der Waals surface area (Å²) in [4.78, 5) is 19.7. The highest BCUT2D eigenvalue weighted by Gasteiger charge is 2.13. The van der Waals surface area contributed by atoms with Gasteiger partial charge in [0.2, 0.25) is 11.8 Å². The molecule has 2 aromatic heterocycles. The molecule has 0 fully saturated rings. The van der Waals surface area contributed by atoms with Gasteiger partial charge in [-0.3, -0.25) is 4.79 Å². The van der Waals surface area contributed by atoms with Crippen molar-refractivity contribution in [3.63, 3.8) is 0 Å². The van der Waals surface area contributed by atoms with Crippen LogP contribution in [0.3, 0.4) is 0 Å². The number of nitrogens with zero attached hydrogens (tertiary/aromatic N) is 2. The van der Waals surface area contributed by atoms with Gasteiger partial charge in [0.15, 0.2) is 11.2 Å². The predicted octanol–water partition coefficient (Wildman–Crippen LogP) is 3.72. The molecule has 0 aliphatic carbocycles. The summed E-state index contributed by atoms with van der Waals surface area (Å²) in [7, 11) is 0. The second kappa shape index (κ2) is 5.71. The lowest BCUT2D eigenvalue weighted by Gasteiger charge is -2.05. The van der Waals surface area contributed by atoms with E-state index in [0.717, 1.165) is 0 Å². The lowest BCUT2D eigenvalue weighted by molar-refractivity contribution is -0.113. The Hall–Kier alpha value is -2.11. The Morgan fingerprint density at radius 1 is 1.33 bits per heavy atom. The number of alkyl halides is 1. The van der Waals surface area contributed by atoms with Crippen LogP contribution in [0.1, 0.15) is 0 Å². The van der Waals surface area contributed by atoms with Gasteiger partial charge >= 0.3 is 0 Å². The van der Waals surface area contributed by atoms with Gasteiger partial charge in [-0.1, -0.05) is 11.6 Å². The van der Waals surface area contributed by atoms with Crippen LogP contribution in [0, 0.1) is 0 Å². The second-order valence-corrected chi connectivity index (χ2v) is 4.90. The first-order chi connectivity index (χ1) is 10.2. The summed E-state index contributed by atoms with van der Waals surface area (Å²) < 4.78 is 5.62. The van der Waals surface area contributed by atoms with Gasteiger partial charge in [0, 0.05) is 11.9 Å². The Labute approximate surface area is 129 Å². The topological polar surface area (TPSA) is 68.0 Å². The van der Waals surface area contributed by atoms with E-state index < -0.39 is 0 Å². The van der Waals surface area contributed by atoms with Crippen molar-refractivity contribution >= 4 is 46.0 Å². The van der Waals surface area contributed by atoms with E-state index in [9.17, 15) is 4.79 Å². The molecule has 0 spiro atoms. The van der Waals surface area contributed by atoms with Crippen LogP contribution in [-0.4, -0.2) is 21.8 Å². The smallest absolute Gasteiger partial charge is 0.239 e. The molecule has 1 aromatic carbocycles. The van der Waals surface area contributed by atoms with E-state index in [-0.39, 0.29) is 11.8 Å². The summed E-state index contributed by atoms with van der Waals surface area (Å²) >= 11 is 11.6. The number of pyridine rings is 1. The molecule has 3 aromatic rings. The summed E-state index contributed by atoms with van der Waals surface area (Å²) in [6.07, 6.45) is 1.63. The molecule has 0 saturated heterocycles. The molecular formula is C14H9Cl2N3O2. The molecule has 0 aliphatic rings. The first-order valence-corrected chi connectivity index (χ1v) is 6.96. The van der Waals surface area contributed by atoms with Gasteiger partial charge < -0.3 is 9.73 Å². The second-order valence-electron chi connectivity index (χ2n) is 4.22. The zero-order chi connectivity index (χ0) is 14.8. The highest BCUT2D eigenvalue weighted by molar-refractivity contribution is 6.33. The maximum atomic E-state index is 11.3. The van der Waals surface area contributed by atoms with Gasteiger partial charge in [-0.25, -0.2) is 4.98 Å². The molecule has 3 rings (SSSR count). The van der Waals surface area contributed by atoms with Crippen molar-refractivity contribution in [3.05, 3.63) is 41.6 Å². The molecule has 2 heterocycles. The molecular weight excluding hydrogens is 313 g/mol. The van der Waals surface area contributed by atoms with Crippen LogP contribution in [0.5, 0.6) is 0 Å². The van der Waals surface area contributed by atoms with Crippen LogP contribution in [0.2, 0.25) is 5.02 Å². The molecule has 0 aliphatic heterocycles. The molecule has 5 nitrogen and oxygen atoms in total. The zero-order valence-corrected chi connectivity index (χ0v) is 12.1. The number of rotatable bonds is 3. The molecule has 0 unspecified atom stereocenters. The Bertz CT molecular complexity index is 784. The highest BCUT2D eigenvalue weighted by atomic mass is 35.5. The maximum absolute atomic E-state index is 11.3. The van der Waals surface area contributed by atoms with E-state index in [0.29, 0.717) is 33.4 Å². The van der Waals surface area contributed by atoms with Gasteiger partial charge in [-0.05, 0) is 30.3 Å². The molecule has 106 valence electrons. The number of nitrogens with one attached hydrogen (secondary N) is 1. The van der Waals surface area contributed by atoms with Crippen molar-refractivity contribution in [2.45, 2.75) is 0 Å². The Morgan fingerprint density at radius 3 is 2.95 bits per heavy atom. The maximum Gasteiger partial charge on any atom is 0.239 e. The van der Waals surface area contributed by atoms with Crippen molar-refractivity contribution in [3.8, 4) is 11.5 Å². The van der Waals surface area contributed by atoms with Crippen LogP contribution in [0.25, 0.3) is 22.7 Å². The number of carbonyl (C=O) groups is 1. The molecule has 0 atom stereocenters. The SMILES string of the molecule is O=C(CCl)Nc1ccc(Cl)c(-c2nc3ncccc3o2)c1. The number of hydrogen-bond acceptors (Lipinski definition) is 4. The van der Waals surface area contributed by atoms with Gasteiger partial charge in [0.1, 0.15) is 5.88 Å². The third kappa shape index (κ3) is 2.84. The van der Waals surface area contributed by atoms with Gasteiger partial charge in [0.05, 0.1) is 10.6 Å². The Morgan fingerprint density at radius 2 is 2.19 bits per heavy atom. The molecule has 0 radical (unpaired) electrons. The van der Waals surface area contributed by atoms with Crippen molar-refractivity contribution < 1.29 is 9.21 Å². The van der Waals surface area contributed by atoms with Crippen LogP contribution in [0.4, 0.5) is 5.69 Å². The molecule has 21 heavy (non-hydrogen) atoms. The quantitative estimate of drug-likeness (QED) is 0.746. The lowest BCUT2D eigenvalue weighted by atomic mass is 10.2. The molecule has 1 amide bonds. The van der Waals surface area contributed by atoms with Crippen LogP contribution in [-0.2, 0) is 4.79 Å². The standard InChI is InChI=1S/C14H9Cl2N3O2/c15-7-12(20)18-8-3-4-10(16)9(6-8)14-19-13-11(21-14)2-1-5-17-13/h1-6H,7H2,(H,18,20). The number of fused-ring (bicyclic) bond motifs is 1. The van der Waals surface area contributed by atoms with E-state index in [4.69, 9.17) is 27.6 Å². The summed E-state index contributed by atoms with van der Waals surface area (Å²) in [5.74, 6) is -0.0787. The third-order valence-corrected chi connectivity index (χ3v) is 3.34. The van der Waals surface area contributed by atoms with Crippen LogP contribution >= 0.6 is 23.2 Å². The molecule has 0 saturated carbocycles. The van der Waals surface area contributed by atoms with Crippen molar-refractivity contribution in [1.82, 2.24) is 9.97 Å². The van der Waals surface area contributed by atoms with E-state index >= 15 is 0 Å². The van der Waals surface area contributed by atoms with Crippen molar-refractivity contribution in [2.75, 3.05) is 11.2 Å². The van der Waals surface area contributed by atoms with E-state index in [2.05, 4.69) is 15.3 Å². The number of oxazole rings is 1. The van der Waals surface area contributed by atoms with Gasteiger partial charge in [-0.15, -0.1) is 11.6 Å². The van der Waals surface area contributed by atoms with Crippen LogP contribution < -0.4 is 5.32 Å². The number of benzene rings is 1. The Kier molecular flexibility index (Phi) is 3.77. The summed E-state index contributed by atoms with van der Waals surface area (Å²) in [6, 6.07) is 8.54. The highest BCUT2D eigenvalue weighted by Crippen LogP contribution is 2.31. The molecule has 7 heteroatoms. The normalized spacial score (nSPS) is 10.8. The van der Waals surface area contributed by atoms with E-state index in [1.165, 1.54) is 0 Å². The number of anilines is 1. The van der Waals surface area contributed by atoms with Crippen molar-refractivity contribution in [1.29, 1.82) is 0 Å². The zero-order valence-electron chi connectivity index (χ0n) is 10.6. The minimum Gasteiger partial charge on any atom is -0.434 e. The fraction of sp³-hybridized carbons (Fsp3) is 0.0714. The van der Waals surface area contributed by atoms with Gasteiger partial charge in [-0.2, -0.15) is 4.98 Å². The van der Waals surface area contributed by atoms with E-state index in [1.807, 2.05) is 0 Å². The number of carbonyl (C=O) groups excluding carboxylic acids is 1. The minimum atomic E-state index is -0.302. The number of aromatic nitrogens is 2. The van der Waals surface area contributed by atoms with E-state index in [1.54, 1.807) is 36.5 Å². The number of hydrogen-bond donors (Lipinski definition) is 1. The minimum absolute atomic E-state index is 0.120. The third-order valence-electron chi connectivity index (χ3n) is 2.77. The average Bonchev–Trinajstić information content (AvgIpc) is 2.92. The van der Waals surface area contributed by atoms with Crippen LogP contribution in [0.15, 0.2) is 40.9 Å². The Balaban J connectivity index is 2.04. The lowest BCUT2D eigenvalue weighted by Crippen LogP contribution is -2.12. The number of halogens is 2. The van der Waals surface area contributed by atoms with Crippen molar-refractivity contribution in [2.24, 2.45) is 0 Å². The predicted molar refractivity (Wildman–Crippen MR) is 81.6 cm³/mol. The molecule has 0 bridgehead atoms. The fourth-order valence-electron chi connectivity index (χ4n) is 1.85. The first-order valence-electron chi connectivity index (χ1n) is 6.04. The molecule has 1 N–H and O–H groups in total. The summed E-state index contributed by atoms with van der Waals surface area (Å²) in [6.45, 7) is 0. The first kappa shape index (κ1) is 13.9.